The van der Waals surface area contributed by atoms with E-state index in [1.54, 1.807) is 13.8 Å². The molecule has 5 nitrogen and oxygen atoms in total. The van der Waals surface area contributed by atoms with E-state index in [0.29, 0.717) is 17.0 Å². The predicted octanol–water partition coefficient (Wildman–Crippen LogP) is 2.28. The van der Waals surface area contributed by atoms with Crippen molar-refractivity contribution in [2.24, 2.45) is 0 Å². The van der Waals surface area contributed by atoms with Crippen LogP contribution in [0.1, 0.15) is 45.9 Å². The molecule has 0 aliphatic carbocycles. The van der Waals surface area contributed by atoms with Crippen molar-refractivity contribution in [2.75, 3.05) is 4.90 Å². The quantitative estimate of drug-likeness (QED) is 0.845. The van der Waals surface area contributed by atoms with Crippen LogP contribution in [0.2, 0.25) is 0 Å². The van der Waals surface area contributed by atoms with Crippen LogP contribution in [0.15, 0.2) is 15.7 Å². The van der Waals surface area contributed by atoms with Crippen molar-refractivity contribution in [2.45, 2.75) is 53.2 Å². The minimum Gasteiger partial charge on any atom is -0.369 e. The Balaban J connectivity index is 2.46. The third-order valence-electron chi connectivity index (χ3n) is 3.57. The van der Waals surface area contributed by atoms with Crippen molar-refractivity contribution in [1.82, 2.24) is 5.16 Å². The van der Waals surface area contributed by atoms with Crippen LogP contribution in [0.4, 0.5) is 5.82 Å². The number of carbonyl (C=O) groups excluding carboxylic acids is 1. The molecule has 1 atom stereocenters. The number of anilines is 1. The van der Waals surface area contributed by atoms with E-state index in [1.807, 2.05) is 27.7 Å². The molecule has 1 aliphatic rings. The van der Waals surface area contributed by atoms with Crippen molar-refractivity contribution in [3.8, 4) is 0 Å². The summed E-state index contributed by atoms with van der Waals surface area (Å²) in [5.74, 6) is 0.908. The fraction of sp³-hybridized carbons (Fsp3) is 0.571. The summed E-state index contributed by atoms with van der Waals surface area (Å²) in [5.41, 5.74) is 1.82. The van der Waals surface area contributed by atoms with Gasteiger partial charge in [0.1, 0.15) is 5.76 Å². The summed E-state index contributed by atoms with van der Waals surface area (Å²) in [6.07, 6.45) is -0.955. The van der Waals surface area contributed by atoms with Gasteiger partial charge in [-0.05, 0) is 26.3 Å². The Bertz CT molecular complexity index is 564. The van der Waals surface area contributed by atoms with Gasteiger partial charge in [-0.25, -0.2) is 0 Å². The van der Waals surface area contributed by atoms with E-state index in [2.05, 4.69) is 5.16 Å². The molecule has 2 heterocycles. The lowest BCUT2D eigenvalue weighted by Gasteiger charge is -2.20. The Kier molecular flexibility index (Phi) is 3.05. The van der Waals surface area contributed by atoms with Gasteiger partial charge in [-0.1, -0.05) is 25.9 Å². The van der Waals surface area contributed by atoms with Crippen LogP contribution in [-0.4, -0.2) is 22.4 Å². The van der Waals surface area contributed by atoms with Crippen molar-refractivity contribution >= 4 is 11.7 Å². The second kappa shape index (κ2) is 4.20. The molecule has 1 N–H and O–H groups in total. The normalized spacial score (nSPS) is 20.7. The zero-order valence-corrected chi connectivity index (χ0v) is 12.2. The Hall–Kier alpha value is -1.62. The fourth-order valence-corrected chi connectivity index (χ4v) is 2.31. The van der Waals surface area contributed by atoms with E-state index in [1.165, 1.54) is 4.90 Å². The fourth-order valence-electron chi connectivity index (χ4n) is 2.31. The van der Waals surface area contributed by atoms with Crippen LogP contribution in [0.5, 0.6) is 0 Å². The van der Waals surface area contributed by atoms with Crippen LogP contribution < -0.4 is 4.90 Å². The molecule has 0 fully saturated rings. The van der Waals surface area contributed by atoms with Gasteiger partial charge in [-0.15, -0.1) is 0 Å². The summed E-state index contributed by atoms with van der Waals surface area (Å²) in [5, 5.41) is 14.1. The van der Waals surface area contributed by atoms with E-state index in [-0.39, 0.29) is 11.3 Å². The number of aliphatic hydroxyl groups is 1. The second-order valence-electron chi connectivity index (χ2n) is 6.07. The lowest BCUT2D eigenvalue weighted by Crippen LogP contribution is -2.36. The van der Waals surface area contributed by atoms with Crippen LogP contribution in [0.25, 0.3) is 0 Å². The number of hydrogen-bond acceptors (Lipinski definition) is 4. The smallest absolute Gasteiger partial charge is 0.257 e. The topological polar surface area (TPSA) is 66.6 Å². The first kappa shape index (κ1) is 13.8. The molecular formula is C14H20N2O3. The van der Waals surface area contributed by atoms with Crippen molar-refractivity contribution in [1.29, 1.82) is 0 Å². The third kappa shape index (κ3) is 1.98. The molecule has 0 aromatic carbocycles. The number of aliphatic hydroxyl groups excluding tert-OH is 1. The highest BCUT2D eigenvalue weighted by Crippen LogP contribution is 2.35. The largest absolute Gasteiger partial charge is 0.369 e. The Morgan fingerprint density at radius 3 is 2.21 bits per heavy atom. The summed E-state index contributed by atoms with van der Waals surface area (Å²) in [4.78, 5) is 13.5. The van der Waals surface area contributed by atoms with Crippen LogP contribution in [0, 0.1) is 6.92 Å². The van der Waals surface area contributed by atoms with E-state index in [0.717, 1.165) is 11.3 Å². The number of nitrogens with zero attached hydrogens (tertiary/aromatic N) is 2. The van der Waals surface area contributed by atoms with Crippen LogP contribution in [-0.2, 0) is 10.2 Å². The summed E-state index contributed by atoms with van der Waals surface area (Å²) in [7, 11) is 0. The van der Waals surface area contributed by atoms with Gasteiger partial charge in [0.05, 0.1) is 0 Å². The molecule has 0 spiro atoms. The molecule has 0 saturated heterocycles. The molecule has 19 heavy (non-hydrogen) atoms. The molecule has 1 aromatic heterocycles. The maximum absolute atomic E-state index is 12.2. The third-order valence-corrected chi connectivity index (χ3v) is 3.57. The summed E-state index contributed by atoms with van der Waals surface area (Å²) < 4.78 is 5.37. The maximum Gasteiger partial charge on any atom is 0.257 e. The van der Waals surface area contributed by atoms with E-state index in [4.69, 9.17) is 4.52 Å². The second-order valence-corrected chi connectivity index (χ2v) is 6.07. The molecule has 0 saturated carbocycles. The molecule has 0 bridgehead atoms. The highest BCUT2D eigenvalue weighted by atomic mass is 16.5. The Labute approximate surface area is 112 Å². The number of rotatable bonds is 1. The highest BCUT2D eigenvalue weighted by molar-refractivity contribution is 6.09. The highest BCUT2D eigenvalue weighted by Gasteiger charge is 2.38. The Morgan fingerprint density at radius 1 is 1.26 bits per heavy atom. The molecule has 5 heteroatoms. The minimum absolute atomic E-state index is 0.194. The molecular weight excluding hydrogens is 244 g/mol. The first-order valence-electron chi connectivity index (χ1n) is 6.32. The van der Waals surface area contributed by atoms with Crippen molar-refractivity contribution in [3.63, 3.8) is 0 Å². The molecule has 2 rings (SSSR count). The number of carbonyl (C=O) groups is 1. The van der Waals surface area contributed by atoms with E-state index < -0.39 is 6.23 Å². The van der Waals surface area contributed by atoms with Crippen molar-refractivity contribution in [3.05, 3.63) is 22.5 Å². The first-order chi connectivity index (χ1) is 8.66. The summed E-state index contributed by atoms with van der Waals surface area (Å²) in [6, 6.07) is 0. The number of amides is 1. The Morgan fingerprint density at radius 2 is 1.84 bits per heavy atom. The summed E-state index contributed by atoms with van der Waals surface area (Å²) >= 11 is 0. The lowest BCUT2D eigenvalue weighted by molar-refractivity contribution is -0.115. The zero-order chi connectivity index (χ0) is 14.5. The molecule has 1 aromatic rings. The van der Waals surface area contributed by atoms with Crippen LogP contribution in [0.3, 0.4) is 0 Å². The van der Waals surface area contributed by atoms with Gasteiger partial charge in [0.25, 0.3) is 5.91 Å². The van der Waals surface area contributed by atoms with Crippen LogP contribution >= 0.6 is 0 Å². The maximum atomic E-state index is 12.2. The molecule has 1 unspecified atom stereocenters. The van der Waals surface area contributed by atoms with Gasteiger partial charge < -0.3 is 9.63 Å². The van der Waals surface area contributed by atoms with Gasteiger partial charge in [-0.2, -0.15) is 0 Å². The van der Waals surface area contributed by atoms with Gasteiger partial charge in [-0.3, -0.25) is 9.69 Å². The van der Waals surface area contributed by atoms with E-state index >= 15 is 0 Å². The van der Waals surface area contributed by atoms with Gasteiger partial charge in [0, 0.05) is 16.6 Å². The lowest BCUT2D eigenvalue weighted by atomic mass is 9.90. The first-order valence-corrected chi connectivity index (χ1v) is 6.32. The monoisotopic (exact) mass is 264 g/mol. The number of hydrogen-bond donors (Lipinski definition) is 1. The van der Waals surface area contributed by atoms with E-state index in [9.17, 15) is 9.90 Å². The summed E-state index contributed by atoms with van der Waals surface area (Å²) in [6.45, 7) is 11.4. The van der Waals surface area contributed by atoms with Gasteiger partial charge in [0.2, 0.25) is 0 Å². The molecule has 104 valence electrons. The molecule has 1 amide bonds. The van der Waals surface area contributed by atoms with Crippen molar-refractivity contribution < 1.29 is 14.4 Å². The average Bonchev–Trinajstić information content (AvgIpc) is 2.76. The SMILES string of the molecule is CC1=C(C)C(O)N(c2noc(C(C)(C)C)c2C)C1=O. The average molecular weight is 264 g/mol. The molecule has 0 radical (unpaired) electrons. The standard InChI is InChI=1S/C14H20N2O3/c1-7-8(2)13(18)16(12(7)17)11-9(3)10(19-15-11)14(4,5)6/h12,17H,1-6H3. The minimum atomic E-state index is -0.955. The predicted molar refractivity (Wildman–Crippen MR) is 71.8 cm³/mol. The molecule has 1 aliphatic heterocycles. The van der Waals surface area contributed by atoms with Gasteiger partial charge in [0.15, 0.2) is 12.0 Å². The zero-order valence-electron chi connectivity index (χ0n) is 12.2. The number of aromatic nitrogens is 1. The van der Waals surface area contributed by atoms with Gasteiger partial charge >= 0.3 is 0 Å².